The van der Waals surface area contributed by atoms with Crippen LogP contribution in [-0.2, 0) is 14.8 Å². The second-order valence-corrected chi connectivity index (χ2v) is 10.3. The zero-order valence-electron chi connectivity index (χ0n) is 18.5. The fraction of sp³-hybridized carbons (Fsp3) is 0.435. The first-order valence-electron chi connectivity index (χ1n) is 11.2. The van der Waals surface area contributed by atoms with Crippen LogP contribution in [0.2, 0.25) is 0 Å². The van der Waals surface area contributed by atoms with Crippen LogP contribution in [0.4, 0.5) is 17.1 Å². The third-order valence-electron chi connectivity index (χ3n) is 6.12. The van der Waals surface area contributed by atoms with Gasteiger partial charge in [0, 0.05) is 31.7 Å². The van der Waals surface area contributed by atoms with Crippen molar-refractivity contribution in [1.29, 1.82) is 0 Å². The highest BCUT2D eigenvalue weighted by molar-refractivity contribution is 7.92. The van der Waals surface area contributed by atoms with Crippen LogP contribution in [0, 0.1) is 16.0 Å². The summed E-state index contributed by atoms with van der Waals surface area (Å²) in [5.74, 6) is -0.249. The molecule has 1 heterocycles. The summed E-state index contributed by atoms with van der Waals surface area (Å²) in [5, 5.41) is 14.9. The number of carbonyl (C=O) groups is 1. The first-order valence-corrected chi connectivity index (χ1v) is 12.7. The molecule has 1 unspecified atom stereocenters. The lowest BCUT2D eigenvalue weighted by Gasteiger charge is -2.33. The highest BCUT2D eigenvalue weighted by atomic mass is 32.2. The van der Waals surface area contributed by atoms with E-state index in [1.165, 1.54) is 16.4 Å². The summed E-state index contributed by atoms with van der Waals surface area (Å²) in [6.45, 7) is 2.85. The summed E-state index contributed by atoms with van der Waals surface area (Å²) in [7, 11) is -3.99. The molecular formula is C23H28N4O5S. The van der Waals surface area contributed by atoms with Crippen molar-refractivity contribution < 1.29 is 18.1 Å². The topological polar surface area (TPSA) is 113 Å². The zero-order chi connectivity index (χ0) is 23.6. The Bertz CT molecular complexity index is 1130. The van der Waals surface area contributed by atoms with Gasteiger partial charge in [0.1, 0.15) is 5.69 Å². The maximum absolute atomic E-state index is 13.3. The fourth-order valence-corrected chi connectivity index (χ4v) is 5.74. The molecular weight excluding hydrogens is 444 g/mol. The van der Waals surface area contributed by atoms with Gasteiger partial charge in [0.2, 0.25) is 5.91 Å². The molecule has 1 saturated carbocycles. The van der Waals surface area contributed by atoms with Gasteiger partial charge >= 0.3 is 0 Å². The zero-order valence-corrected chi connectivity index (χ0v) is 19.3. The van der Waals surface area contributed by atoms with Gasteiger partial charge in [0.05, 0.1) is 21.4 Å². The average molecular weight is 473 g/mol. The number of hydrogen-bond donors (Lipinski definition) is 1. The number of sulfonamides is 1. The van der Waals surface area contributed by atoms with Crippen LogP contribution in [0.1, 0.15) is 32.6 Å². The number of nitro benzene ring substituents is 1. The van der Waals surface area contributed by atoms with Crippen LogP contribution in [-0.4, -0.2) is 44.9 Å². The number of amides is 1. The number of nitro groups is 1. The normalized spacial score (nSPS) is 18.6. The van der Waals surface area contributed by atoms with Crippen molar-refractivity contribution in [3.63, 3.8) is 0 Å². The van der Waals surface area contributed by atoms with E-state index in [2.05, 4.69) is 5.32 Å². The molecule has 1 N–H and O–H groups in total. The van der Waals surface area contributed by atoms with E-state index >= 15 is 0 Å². The van der Waals surface area contributed by atoms with E-state index in [0.717, 1.165) is 31.7 Å². The molecule has 2 aromatic carbocycles. The number of anilines is 2. The Labute approximate surface area is 193 Å². The standard InChI is InChI=1S/C23H28N4O5S/c1-2-26(19-8-4-3-5-9-19)33(31,32)20-12-13-21(22(15-20)27(29)30)25-14-6-7-17(16-25)23(28)24-18-10-11-18/h3-5,8-9,12-13,15,17-18H,2,6-7,10-11,14,16H2,1H3,(H,24,28). The Balaban J connectivity index is 1.62. The second kappa shape index (κ2) is 9.38. The Kier molecular flexibility index (Phi) is 6.55. The Morgan fingerprint density at radius 2 is 1.91 bits per heavy atom. The van der Waals surface area contributed by atoms with Crippen LogP contribution in [0.3, 0.4) is 0 Å². The van der Waals surface area contributed by atoms with Crippen molar-refractivity contribution in [1.82, 2.24) is 5.32 Å². The van der Waals surface area contributed by atoms with E-state index < -0.39 is 14.9 Å². The van der Waals surface area contributed by atoms with Crippen LogP contribution in [0.25, 0.3) is 0 Å². The lowest BCUT2D eigenvalue weighted by atomic mass is 9.96. The summed E-state index contributed by atoms with van der Waals surface area (Å²) in [5.41, 5.74) is 0.557. The predicted molar refractivity (Wildman–Crippen MR) is 126 cm³/mol. The molecule has 2 aliphatic rings. The molecule has 33 heavy (non-hydrogen) atoms. The maximum atomic E-state index is 13.3. The van der Waals surface area contributed by atoms with E-state index in [1.807, 2.05) is 4.90 Å². The van der Waals surface area contributed by atoms with Crippen molar-refractivity contribution in [3.8, 4) is 0 Å². The van der Waals surface area contributed by atoms with Gasteiger partial charge in [-0.3, -0.25) is 19.2 Å². The monoisotopic (exact) mass is 472 g/mol. The van der Waals surface area contributed by atoms with E-state index in [1.54, 1.807) is 37.3 Å². The molecule has 1 atom stereocenters. The summed E-state index contributed by atoms with van der Waals surface area (Å²) >= 11 is 0. The Hall–Kier alpha value is -3.14. The number of nitrogens with one attached hydrogen (secondary N) is 1. The largest absolute Gasteiger partial charge is 0.365 e. The number of benzene rings is 2. The number of piperidine rings is 1. The van der Waals surface area contributed by atoms with E-state index in [9.17, 15) is 23.3 Å². The van der Waals surface area contributed by atoms with Gasteiger partial charge < -0.3 is 10.2 Å². The molecule has 0 radical (unpaired) electrons. The van der Waals surface area contributed by atoms with Gasteiger partial charge in [-0.2, -0.15) is 0 Å². The smallest absolute Gasteiger partial charge is 0.293 e. The first kappa shape index (κ1) is 23.0. The summed E-state index contributed by atoms with van der Waals surface area (Å²) in [6, 6.07) is 12.9. The molecule has 1 aliphatic carbocycles. The van der Waals surface area contributed by atoms with Crippen LogP contribution in [0.15, 0.2) is 53.4 Å². The maximum Gasteiger partial charge on any atom is 0.293 e. The molecule has 176 valence electrons. The number of rotatable bonds is 8. The lowest BCUT2D eigenvalue weighted by Crippen LogP contribution is -2.43. The van der Waals surface area contributed by atoms with E-state index in [0.29, 0.717) is 24.5 Å². The molecule has 0 bridgehead atoms. The van der Waals surface area contributed by atoms with Gasteiger partial charge in [-0.15, -0.1) is 0 Å². The number of hydrogen-bond acceptors (Lipinski definition) is 6. The lowest BCUT2D eigenvalue weighted by molar-refractivity contribution is -0.384. The van der Waals surface area contributed by atoms with Crippen molar-refractivity contribution in [2.24, 2.45) is 5.92 Å². The first-order chi connectivity index (χ1) is 15.8. The summed E-state index contributed by atoms with van der Waals surface area (Å²) < 4.78 is 27.9. The van der Waals surface area contributed by atoms with E-state index in [-0.39, 0.29) is 35.0 Å². The molecule has 2 fully saturated rings. The number of carbonyl (C=O) groups excluding carboxylic acids is 1. The minimum absolute atomic E-state index is 0.00880. The number of nitrogens with zero attached hydrogens (tertiary/aromatic N) is 3. The third-order valence-corrected chi connectivity index (χ3v) is 8.02. The molecule has 4 rings (SSSR count). The molecule has 0 spiro atoms. The number of para-hydroxylation sites is 1. The van der Waals surface area contributed by atoms with Gasteiger partial charge in [-0.25, -0.2) is 8.42 Å². The SMILES string of the molecule is CCN(c1ccccc1)S(=O)(=O)c1ccc(N2CCCC(C(=O)NC3CC3)C2)c([N+](=O)[O-])c1. The Morgan fingerprint density at radius 1 is 1.18 bits per heavy atom. The van der Waals surface area contributed by atoms with Gasteiger partial charge in [-0.05, 0) is 56.9 Å². The fourth-order valence-electron chi connectivity index (χ4n) is 4.25. The molecule has 1 aliphatic heterocycles. The van der Waals surface area contributed by atoms with Crippen molar-refractivity contribution in [2.75, 3.05) is 28.8 Å². The predicted octanol–water partition coefficient (Wildman–Crippen LogP) is 3.31. The van der Waals surface area contributed by atoms with Crippen LogP contribution >= 0.6 is 0 Å². The van der Waals surface area contributed by atoms with Crippen molar-refractivity contribution in [2.45, 2.75) is 43.5 Å². The molecule has 10 heteroatoms. The molecule has 1 amide bonds. The molecule has 2 aromatic rings. The average Bonchev–Trinajstić information content (AvgIpc) is 3.63. The highest BCUT2D eigenvalue weighted by Crippen LogP contribution is 2.35. The van der Waals surface area contributed by atoms with Gasteiger partial charge in [0.25, 0.3) is 15.7 Å². The highest BCUT2D eigenvalue weighted by Gasteiger charge is 2.33. The van der Waals surface area contributed by atoms with Crippen LogP contribution in [0.5, 0.6) is 0 Å². The Morgan fingerprint density at radius 3 is 2.55 bits per heavy atom. The van der Waals surface area contributed by atoms with Crippen LogP contribution < -0.4 is 14.5 Å². The minimum Gasteiger partial charge on any atom is -0.365 e. The van der Waals surface area contributed by atoms with E-state index in [4.69, 9.17) is 0 Å². The molecule has 9 nitrogen and oxygen atoms in total. The van der Waals surface area contributed by atoms with Crippen molar-refractivity contribution in [3.05, 3.63) is 58.6 Å². The molecule has 1 saturated heterocycles. The van der Waals surface area contributed by atoms with Gasteiger partial charge in [-0.1, -0.05) is 18.2 Å². The summed E-state index contributed by atoms with van der Waals surface area (Å²) in [6.07, 6.45) is 3.47. The summed E-state index contributed by atoms with van der Waals surface area (Å²) in [4.78, 5) is 25.6. The van der Waals surface area contributed by atoms with Crippen molar-refractivity contribution >= 4 is 33.0 Å². The quantitative estimate of drug-likeness (QED) is 0.466. The minimum atomic E-state index is -3.99. The van der Waals surface area contributed by atoms with Gasteiger partial charge in [0.15, 0.2) is 0 Å². The second-order valence-electron chi connectivity index (χ2n) is 8.48. The third kappa shape index (κ3) is 4.95. The molecule has 0 aromatic heterocycles.